The minimum atomic E-state index is 0.211. The Morgan fingerprint density at radius 1 is 1.10 bits per heavy atom. The average molecular weight is 310 g/mol. The maximum Gasteiger partial charge on any atom is 0.0705 e. The number of pyridine rings is 1. The molecule has 3 aromatic heterocycles. The molecule has 1 unspecified atom stereocenters. The normalized spacial score (nSPS) is 13.0. The van der Waals surface area contributed by atoms with Crippen molar-refractivity contribution in [1.82, 2.24) is 10.3 Å². The first-order valence-electron chi connectivity index (χ1n) is 6.84. The van der Waals surface area contributed by atoms with Crippen molar-refractivity contribution in [2.24, 2.45) is 0 Å². The third-order valence-electron chi connectivity index (χ3n) is 3.72. The van der Waals surface area contributed by atoms with E-state index >= 15 is 0 Å². The largest absolute Gasteiger partial charge is 0.309 e. The van der Waals surface area contributed by atoms with E-state index in [1.165, 1.54) is 25.2 Å². The van der Waals surface area contributed by atoms with Gasteiger partial charge in [0, 0.05) is 25.9 Å². The van der Waals surface area contributed by atoms with E-state index in [1.807, 2.05) is 30.6 Å². The molecule has 0 radical (unpaired) electrons. The summed E-state index contributed by atoms with van der Waals surface area (Å²) in [6.45, 7) is 0. The van der Waals surface area contributed by atoms with Gasteiger partial charge >= 0.3 is 0 Å². The van der Waals surface area contributed by atoms with Crippen LogP contribution < -0.4 is 5.32 Å². The van der Waals surface area contributed by atoms with E-state index in [9.17, 15) is 0 Å². The molecule has 2 nitrogen and oxygen atoms in total. The number of rotatable bonds is 3. The predicted octanol–water partition coefficient (Wildman–Crippen LogP) is 4.82. The summed E-state index contributed by atoms with van der Waals surface area (Å²) >= 11 is 3.67. The van der Waals surface area contributed by atoms with Crippen LogP contribution in [-0.2, 0) is 0 Å². The van der Waals surface area contributed by atoms with Crippen LogP contribution in [0.5, 0.6) is 0 Å². The van der Waals surface area contributed by atoms with Crippen molar-refractivity contribution in [3.05, 3.63) is 64.5 Å². The highest BCUT2D eigenvalue weighted by Gasteiger charge is 2.17. The summed E-state index contributed by atoms with van der Waals surface area (Å²) in [5.41, 5.74) is 2.34. The minimum absolute atomic E-state index is 0.211. The summed E-state index contributed by atoms with van der Waals surface area (Å²) in [7, 11) is 2.02. The Morgan fingerprint density at radius 3 is 2.90 bits per heavy atom. The monoisotopic (exact) mass is 310 g/mol. The molecule has 4 rings (SSSR count). The Morgan fingerprint density at radius 2 is 2.05 bits per heavy atom. The Balaban J connectivity index is 1.90. The number of hydrogen-bond donors (Lipinski definition) is 1. The van der Waals surface area contributed by atoms with Crippen LogP contribution in [0.1, 0.15) is 16.5 Å². The number of thiophene rings is 2. The van der Waals surface area contributed by atoms with E-state index in [1.54, 1.807) is 11.3 Å². The standard InChI is InChI=1S/C17H14N2S2/c1-18-17(16-10-15-14(21-16)7-9-20-15)12-4-2-6-13-11(12)5-3-8-19-13/h2-10,17-18H,1H3. The van der Waals surface area contributed by atoms with E-state index in [0.29, 0.717) is 0 Å². The first-order valence-corrected chi connectivity index (χ1v) is 8.54. The van der Waals surface area contributed by atoms with Gasteiger partial charge in [-0.2, -0.15) is 0 Å². The lowest BCUT2D eigenvalue weighted by atomic mass is 10.0. The number of nitrogens with zero attached hydrogens (tertiary/aromatic N) is 1. The highest BCUT2D eigenvalue weighted by molar-refractivity contribution is 7.27. The zero-order chi connectivity index (χ0) is 14.2. The van der Waals surface area contributed by atoms with Crippen molar-refractivity contribution >= 4 is 43.0 Å². The average Bonchev–Trinajstić information content (AvgIpc) is 3.10. The lowest BCUT2D eigenvalue weighted by Gasteiger charge is -2.17. The fourth-order valence-electron chi connectivity index (χ4n) is 2.76. The van der Waals surface area contributed by atoms with Gasteiger partial charge in [-0.25, -0.2) is 0 Å². The first-order chi connectivity index (χ1) is 10.4. The molecule has 0 fully saturated rings. The van der Waals surface area contributed by atoms with E-state index < -0.39 is 0 Å². The minimum Gasteiger partial charge on any atom is -0.309 e. The summed E-state index contributed by atoms with van der Waals surface area (Å²) < 4.78 is 2.74. The summed E-state index contributed by atoms with van der Waals surface area (Å²) in [4.78, 5) is 5.82. The van der Waals surface area contributed by atoms with Gasteiger partial charge in [0.1, 0.15) is 0 Å². The van der Waals surface area contributed by atoms with Crippen molar-refractivity contribution in [1.29, 1.82) is 0 Å². The summed E-state index contributed by atoms with van der Waals surface area (Å²) in [6.07, 6.45) is 1.85. The maximum absolute atomic E-state index is 4.46. The molecular weight excluding hydrogens is 296 g/mol. The molecule has 0 spiro atoms. The molecule has 0 aliphatic heterocycles. The van der Waals surface area contributed by atoms with Crippen molar-refractivity contribution in [3.63, 3.8) is 0 Å². The molecule has 1 atom stereocenters. The Labute approximate surface area is 131 Å². The van der Waals surface area contributed by atoms with E-state index in [2.05, 4.69) is 52.1 Å². The molecule has 1 N–H and O–H groups in total. The maximum atomic E-state index is 4.46. The fraction of sp³-hybridized carbons (Fsp3) is 0.118. The number of nitrogens with one attached hydrogen (secondary N) is 1. The first kappa shape index (κ1) is 13.0. The number of aromatic nitrogens is 1. The molecule has 0 saturated carbocycles. The van der Waals surface area contributed by atoms with Gasteiger partial charge < -0.3 is 5.32 Å². The quantitative estimate of drug-likeness (QED) is 0.587. The molecule has 3 heterocycles. The molecule has 0 saturated heterocycles. The van der Waals surface area contributed by atoms with Crippen LogP contribution in [0.4, 0.5) is 0 Å². The van der Waals surface area contributed by atoms with Gasteiger partial charge in [-0.05, 0) is 42.3 Å². The van der Waals surface area contributed by atoms with E-state index in [0.717, 1.165) is 5.52 Å². The summed E-state index contributed by atoms with van der Waals surface area (Å²) in [5, 5.41) is 6.84. The highest BCUT2D eigenvalue weighted by atomic mass is 32.1. The molecule has 1 aromatic carbocycles. The highest BCUT2D eigenvalue weighted by Crippen LogP contribution is 2.37. The molecule has 4 aromatic rings. The SMILES string of the molecule is CNC(c1cc2sccc2s1)c1cccc2ncccc12. The zero-order valence-corrected chi connectivity index (χ0v) is 13.2. The predicted molar refractivity (Wildman–Crippen MR) is 92.3 cm³/mol. The Bertz CT molecular complexity index is 873. The second-order valence-electron chi connectivity index (χ2n) is 4.94. The van der Waals surface area contributed by atoms with E-state index in [-0.39, 0.29) is 6.04 Å². The van der Waals surface area contributed by atoms with Gasteiger partial charge in [-0.3, -0.25) is 4.98 Å². The number of benzene rings is 1. The Hall–Kier alpha value is -1.75. The molecule has 0 bridgehead atoms. The van der Waals surface area contributed by atoms with Crippen LogP contribution in [0.2, 0.25) is 0 Å². The van der Waals surface area contributed by atoms with Crippen LogP contribution in [0.25, 0.3) is 20.3 Å². The van der Waals surface area contributed by atoms with Gasteiger partial charge in [-0.15, -0.1) is 22.7 Å². The van der Waals surface area contributed by atoms with Crippen LogP contribution in [0, 0.1) is 0 Å². The molecule has 104 valence electrons. The van der Waals surface area contributed by atoms with Crippen molar-refractivity contribution in [2.75, 3.05) is 7.05 Å². The molecule has 0 aliphatic carbocycles. The molecular formula is C17H14N2S2. The summed E-state index contributed by atoms with van der Waals surface area (Å²) in [6, 6.07) is 15.2. The number of fused-ring (bicyclic) bond motifs is 2. The smallest absolute Gasteiger partial charge is 0.0705 e. The van der Waals surface area contributed by atoms with Crippen molar-refractivity contribution in [2.45, 2.75) is 6.04 Å². The fourth-order valence-corrected chi connectivity index (χ4v) is 5.01. The third kappa shape index (κ3) is 2.16. The van der Waals surface area contributed by atoms with Crippen LogP contribution in [0.15, 0.2) is 54.0 Å². The molecule has 4 heteroatoms. The molecule has 21 heavy (non-hydrogen) atoms. The van der Waals surface area contributed by atoms with Crippen LogP contribution in [-0.4, -0.2) is 12.0 Å². The van der Waals surface area contributed by atoms with Crippen LogP contribution in [0.3, 0.4) is 0 Å². The topological polar surface area (TPSA) is 24.9 Å². The van der Waals surface area contributed by atoms with Gasteiger partial charge in [0.2, 0.25) is 0 Å². The lowest BCUT2D eigenvalue weighted by Crippen LogP contribution is -2.16. The van der Waals surface area contributed by atoms with Gasteiger partial charge in [0.25, 0.3) is 0 Å². The van der Waals surface area contributed by atoms with E-state index in [4.69, 9.17) is 0 Å². The van der Waals surface area contributed by atoms with Crippen molar-refractivity contribution < 1.29 is 0 Å². The van der Waals surface area contributed by atoms with Crippen LogP contribution >= 0.6 is 22.7 Å². The second kappa shape index (κ2) is 5.22. The zero-order valence-electron chi connectivity index (χ0n) is 11.5. The van der Waals surface area contributed by atoms with Gasteiger partial charge in [0.15, 0.2) is 0 Å². The van der Waals surface area contributed by atoms with Crippen molar-refractivity contribution in [3.8, 4) is 0 Å². The second-order valence-corrected chi connectivity index (χ2v) is 7.00. The molecule has 0 aliphatic rings. The summed E-state index contributed by atoms with van der Waals surface area (Å²) in [5.74, 6) is 0. The van der Waals surface area contributed by atoms with Gasteiger partial charge in [-0.1, -0.05) is 18.2 Å². The lowest BCUT2D eigenvalue weighted by molar-refractivity contribution is 0.709. The Kier molecular flexibility index (Phi) is 3.22. The third-order valence-corrected chi connectivity index (χ3v) is 5.88. The number of hydrogen-bond acceptors (Lipinski definition) is 4. The molecule has 0 amide bonds. The van der Waals surface area contributed by atoms with Gasteiger partial charge in [0.05, 0.1) is 11.6 Å².